The molecule has 0 unspecified atom stereocenters. The van der Waals surface area contributed by atoms with Gasteiger partial charge in [-0.25, -0.2) is 9.79 Å². The molecule has 0 aromatic heterocycles. The summed E-state index contributed by atoms with van der Waals surface area (Å²) in [5, 5.41) is 10.8. The first-order valence-corrected chi connectivity index (χ1v) is 8.36. The maximum Gasteiger partial charge on any atom is 0.363 e. The average molecular weight is 438 g/mol. The molecule has 0 saturated carbocycles. The van der Waals surface area contributed by atoms with Crippen molar-refractivity contribution in [2.24, 2.45) is 4.99 Å². The van der Waals surface area contributed by atoms with E-state index < -0.39 is 10.9 Å². The van der Waals surface area contributed by atoms with Gasteiger partial charge < -0.3 is 9.47 Å². The van der Waals surface area contributed by atoms with E-state index in [4.69, 9.17) is 21.1 Å². The van der Waals surface area contributed by atoms with Crippen LogP contribution in [-0.2, 0) is 9.53 Å². The Morgan fingerprint density at radius 1 is 1.31 bits per heavy atom. The van der Waals surface area contributed by atoms with Gasteiger partial charge in [0.15, 0.2) is 5.70 Å². The van der Waals surface area contributed by atoms with Crippen LogP contribution >= 0.6 is 27.5 Å². The summed E-state index contributed by atoms with van der Waals surface area (Å²) < 4.78 is 11.2. The summed E-state index contributed by atoms with van der Waals surface area (Å²) in [7, 11) is 1.52. The van der Waals surface area contributed by atoms with E-state index in [9.17, 15) is 14.9 Å². The Hall–Kier alpha value is -2.71. The van der Waals surface area contributed by atoms with Crippen molar-refractivity contribution < 1.29 is 19.2 Å². The van der Waals surface area contributed by atoms with Crippen LogP contribution in [0.15, 0.2) is 51.6 Å². The SMILES string of the molecule is COc1ccc(Br)cc1/C=C1\N=C(c2ccc([N+](=O)[O-])cc2Cl)OC1=O. The fourth-order valence-corrected chi connectivity index (χ4v) is 2.92. The molecule has 0 atom stereocenters. The number of methoxy groups -OCH3 is 1. The van der Waals surface area contributed by atoms with Gasteiger partial charge in [0.05, 0.1) is 22.6 Å². The molecule has 7 nitrogen and oxygen atoms in total. The Kier molecular flexibility index (Phi) is 5.06. The predicted octanol–water partition coefficient (Wildman–Crippen LogP) is 4.36. The molecule has 132 valence electrons. The zero-order valence-electron chi connectivity index (χ0n) is 13.2. The highest BCUT2D eigenvalue weighted by molar-refractivity contribution is 9.10. The van der Waals surface area contributed by atoms with Gasteiger partial charge in [-0.05, 0) is 30.3 Å². The Morgan fingerprint density at radius 2 is 2.08 bits per heavy atom. The summed E-state index contributed by atoms with van der Waals surface area (Å²) in [6.45, 7) is 0. The van der Waals surface area contributed by atoms with Gasteiger partial charge in [0.25, 0.3) is 5.69 Å². The first-order chi connectivity index (χ1) is 12.4. The third kappa shape index (κ3) is 3.61. The molecule has 0 bridgehead atoms. The van der Waals surface area contributed by atoms with Crippen LogP contribution in [0.1, 0.15) is 11.1 Å². The molecule has 0 aliphatic carbocycles. The third-order valence-corrected chi connectivity index (χ3v) is 4.30. The lowest BCUT2D eigenvalue weighted by Crippen LogP contribution is -2.06. The van der Waals surface area contributed by atoms with Crippen molar-refractivity contribution in [3.05, 3.63) is 72.8 Å². The molecule has 1 aliphatic rings. The van der Waals surface area contributed by atoms with Gasteiger partial charge in [-0.2, -0.15) is 0 Å². The minimum absolute atomic E-state index is 0.0184. The first kappa shape index (κ1) is 18.1. The van der Waals surface area contributed by atoms with Crippen molar-refractivity contribution in [3.8, 4) is 5.75 Å². The van der Waals surface area contributed by atoms with E-state index in [0.29, 0.717) is 11.3 Å². The lowest BCUT2D eigenvalue weighted by molar-refractivity contribution is -0.384. The molecule has 1 heterocycles. The van der Waals surface area contributed by atoms with E-state index in [1.807, 2.05) is 0 Å². The standard InChI is InChI=1S/C17H10BrClN2O5/c1-25-15-5-2-10(18)6-9(15)7-14-17(22)26-16(20-14)12-4-3-11(21(23)24)8-13(12)19/h2-8H,1H3/b14-7-. The van der Waals surface area contributed by atoms with Gasteiger partial charge in [0.1, 0.15) is 5.75 Å². The number of nitro groups is 1. The number of non-ortho nitro benzene ring substituents is 1. The maximum atomic E-state index is 12.1. The van der Waals surface area contributed by atoms with Gasteiger partial charge >= 0.3 is 5.97 Å². The van der Waals surface area contributed by atoms with Crippen molar-refractivity contribution in [2.45, 2.75) is 0 Å². The second-order valence-electron chi connectivity index (χ2n) is 5.14. The monoisotopic (exact) mass is 436 g/mol. The quantitative estimate of drug-likeness (QED) is 0.307. The van der Waals surface area contributed by atoms with E-state index in [-0.39, 0.29) is 27.9 Å². The molecular formula is C17H10BrClN2O5. The molecule has 2 aromatic rings. The molecule has 0 amide bonds. The lowest BCUT2D eigenvalue weighted by Gasteiger charge is -2.04. The van der Waals surface area contributed by atoms with Crippen molar-refractivity contribution in [1.82, 2.24) is 0 Å². The number of ether oxygens (including phenoxy) is 2. The number of carbonyl (C=O) groups is 1. The molecule has 0 N–H and O–H groups in total. The molecule has 0 fully saturated rings. The van der Waals surface area contributed by atoms with Crippen LogP contribution in [-0.4, -0.2) is 23.9 Å². The molecule has 26 heavy (non-hydrogen) atoms. The normalized spacial score (nSPS) is 15.0. The summed E-state index contributed by atoms with van der Waals surface area (Å²) in [4.78, 5) is 26.5. The number of esters is 1. The highest BCUT2D eigenvalue weighted by atomic mass is 79.9. The number of hydrogen-bond acceptors (Lipinski definition) is 6. The van der Waals surface area contributed by atoms with E-state index in [1.165, 1.54) is 31.4 Å². The Bertz CT molecular complexity index is 987. The van der Waals surface area contributed by atoms with Crippen LogP contribution in [0.3, 0.4) is 0 Å². The Labute approximate surface area is 161 Å². The second-order valence-corrected chi connectivity index (χ2v) is 6.47. The maximum absolute atomic E-state index is 12.1. The summed E-state index contributed by atoms with van der Waals surface area (Å²) >= 11 is 9.41. The third-order valence-electron chi connectivity index (χ3n) is 3.50. The molecule has 0 radical (unpaired) electrons. The van der Waals surface area contributed by atoms with E-state index in [2.05, 4.69) is 20.9 Å². The summed E-state index contributed by atoms with van der Waals surface area (Å²) in [5.74, 6) is -0.114. The highest BCUT2D eigenvalue weighted by Crippen LogP contribution is 2.29. The zero-order valence-corrected chi connectivity index (χ0v) is 15.6. The van der Waals surface area contributed by atoms with Crippen LogP contribution < -0.4 is 4.74 Å². The molecular weight excluding hydrogens is 428 g/mol. The van der Waals surface area contributed by atoms with Gasteiger partial charge in [-0.1, -0.05) is 27.5 Å². The number of hydrogen-bond donors (Lipinski definition) is 0. The lowest BCUT2D eigenvalue weighted by atomic mass is 10.1. The van der Waals surface area contributed by atoms with Crippen molar-refractivity contribution in [3.63, 3.8) is 0 Å². The number of nitro benzene ring substituents is 1. The van der Waals surface area contributed by atoms with Crippen molar-refractivity contribution >= 4 is 51.2 Å². The number of cyclic esters (lactones) is 1. The smallest absolute Gasteiger partial charge is 0.363 e. The first-order valence-electron chi connectivity index (χ1n) is 7.19. The van der Waals surface area contributed by atoms with Crippen molar-refractivity contribution in [2.75, 3.05) is 7.11 Å². The van der Waals surface area contributed by atoms with Gasteiger partial charge in [0, 0.05) is 22.2 Å². The number of aliphatic imine (C=N–C) groups is 1. The topological polar surface area (TPSA) is 91.0 Å². The van der Waals surface area contributed by atoms with Crippen LogP contribution in [0.5, 0.6) is 5.75 Å². The van der Waals surface area contributed by atoms with Gasteiger partial charge in [-0.3, -0.25) is 10.1 Å². The van der Waals surface area contributed by atoms with E-state index in [1.54, 1.807) is 18.2 Å². The Balaban J connectivity index is 2.00. The second kappa shape index (κ2) is 7.27. The predicted molar refractivity (Wildman–Crippen MR) is 99.4 cm³/mol. The highest BCUT2D eigenvalue weighted by Gasteiger charge is 2.26. The zero-order chi connectivity index (χ0) is 18.8. The van der Waals surface area contributed by atoms with Gasteiger partial charge in [-0.15, -0.1) is 0 Å². The number of halogens is 2. The number of nitrogens with zero attached hydrogens (tertiary/aromatic N) is 2. The molecule has 3 rings (SSSR count). The fourth-order valence-electron chi connectivity index (χ4n) is 2.28. The minimum atomic E-state index is -0.656. The minimum Gasteiger partial charge on any atom is -0.496 e. The summed E-state index contributed by atoms with van der Waals surface area (Å²) in [6.07, 6.45) is 1.53. The van der Waals surface area contributed by atoms with E-state index >= 15 is 0 Å². The summed E-state index contributed by atoms with van der Waals surface area (Å²) in [5.41, 5.74) is 0.813. The summed E-state index contributed by atoms with van der Waals surface area (Å²) in [6, 6.07) is 9.14. The van der Waals surface area contributed by atoms with Crippen LogP contribution in [0.4, 0.5) is 5.69 Å². The number of rotatable bonds is 4. The molecule has 0 spiro atoms. The van der Waals surface area contributed by atoms with Crippen LogP contribution in [0.2, 0.25) is 5.02 Å². The molecule has 2 aromatic carbocycles. The Morgan fingerprint density at radius 3 is 2.73 bits per heavy atom. The number of carbonyl (C=O) groups excluding carboxylic acids is 1. The molecule has 1 aliphatic heterocycles. The largest absolute Gasteiger partial charge is 0.496 e. The van der Waals surface area contributed by atoms with Crippen molar-refractivity contribution in [1.29, 1.82) is 0 Å². The molecule has 9 heteroatoms. The van der Waals surface area contributed by atoms with Crippen LogP contribution in [0, 0.1) is 10.1 Å². The average Bonchev–Trinajstić information content (AvgIpc) is 2.95. The number of benzene rings is 2. The van der Waals surface area contributed by atoms with Crippen LogP contribution in [0.25, 0.3) is 6.08 Å². The molecule has 0 saturated heterocycles. The fraction of sp³-hybridized carbons (Fsp3) is 0.0588. The van der Waals surface area contributed by atoms with Gasteiger partial charge in [0.2, 0.25) is 5.90 Å². The van der Waals surface area contributed by atoms with E-state index in [0.717, 1.165) is 4.47 Å².